The molecule has 0 unspecified atom stereocenters. The summed E-state index contributed by atoms with van der Waals surface area (Å²) < 4.78 is 27.6. The first-order valence-corrected chi connectivity index (χ1v) is 9.09. The van der Waals surface area contributed by atoms with Crippen LogP contribution in [0.1, 0.15) is 23.2 Å². The van der Waals surface area contributed by atoms with E-state index in [0.29, 0.717) is 22.0 Å². The van der Waals surface area contributed by atoms with Crippen LogP contribution in [0.2, 0.25) is 0 Å². The molecule has 3 rings (SSSR count). The summed E-state index contributed by atoms with van der Waals surface area (Å²) >= 11 is 0. The summed E-state index contributed by atoms with van der Waals surface area (Å²) in [4.78, 5) is 33.9. The second-order valence-electron chi connectivity index (χ2n) is 5.81. The molecule has 26 heavy (non-hydrogen) atoms. The summed E-state index contributed by atoms with van der Waals surface area (Å²) in [6, 6.07) is 5.90. The van der Waals surface area contributed by atoms with Crippen LogP contribution in [0.15, 0.2) is 35.2 Å². The normalized spacial score (nSPS) is 14.2. The Bertz CT molecular complexity index is 1050. The molecule has 0 saturated heterocycles. The number of carbonyl (C=O) groups is 3. The first-order valence-electron chi connectivity index (χ1n) is 7.61. The zero-order chi connectivity index (χ0) is 19.1. The molecule has 1 heterocycles. The zero-order valence-electron chi connectivity index (χ0n) is 13.4. The number of aliphatic carboxylic acids is 1. The van der Waals surface area contributed by atoms with Gasteiger partial charge in [0.15, 0.2) is 0 Å². The molecule has 1 atom stereocenters. The molecule has 0 spiro atoms. The Labute approximate surface area is 148 Å². The van der Waals surface area contributed by atoms with Crippen molar-refractivity contribution in [2.75, 3.05) is 5.32 Å². The van der Waals surface area contributed by atoms with Crippen molar-refractivity contribution in [1.82, 2.24) is 4.72 Å². The van der Waals surface area contributed by atoms with E-state index in [9.17, 15) is 27.9 Å². The van der Waals surface area contributed by atoms with E-state index in [4.69, 9.17) is 5.73 Å². The van der Waals surface area contributed by atoms with Crippen LogP contribution in [0.3, 0.4) is 0 Å². The number of anilines is 1. The summed E-state index contributed by atoms with van der Waals surface area (Å²) in [5.74, 6) is -2.49. The second kappa shape index (κ2) is 6.39. The molecule has 9 nitrogen and oxygen atoms in total. The number of benzene rings is 2. The summed E-state index contributed by atoms with van der Waals surface area (Å²) in [6.07, 6.45) is -0.549. The Kier molecular flexibility index (Phi) is 4.38. The van der Waals surface area contributed by atoms with Crippen LogP contribution in [0.25, 0.3) is 10.8 Å². The number of hydrogen-bond acceptors (Lipinski definition) is 5. The number of sulfonamides is 1. The summed E-state index contributed by atoms with van der Waals surface area (Å²) in [7, 11) is -4.22. The molecule has 0 bridgehead atoms. The summed E-state index contributed by atoms with van der Waals surface area (Å²) in [6.45, 7) is 0. The smallest absolute Gasteiger partial charge is 0.321 e. The highest BCUT2D eigenvalue weighted by Crippen LogP contribution is 2.36. The number of amides is 2. The summed E-state index contributed by atoms with van der Waals surface area (Å²) in [5, 5.41) is 12.6. The second-order valence-corrected chi connectivity index (χ2v) is 7.49. The van der Waals surface area contributed by atoms with Crippen molar-refractivity contribution in [3.8, 4) is 0 Å². The number of carbonyl (C=O) groups excluding carboxylic acids is 2. The Morgan fingerprint density at radius 1 is 1.23 bits per heavy atom. The van der Waals surface area contributed by atoms with Gasteiger partial charge in [-0.25, -0.2) is 8.42 Å². The van der Waals surface area contributed by atoms with Crippen LogP contribution < -0.4 is 15.8 Å². The molecule has 2 amide bonds. The molecule has 1 aliphatic heterocycles. The van der Waals surface area contributed by atoms with Crippen molar-refractivity contribution in [2.24, 2.45) is 5.73 Å². The Balaban J connectivity index is 2.03. The molecule has 0 aromatic heterocycles. The van der Waals surface area contributed by atoms with Crippen LogP contribution >= 0.6 is 0 Å². The molecule has 1 aliphatic rings. The van der Waals surface area contributed by atoms with Gasteiger partial charge in [0.1, 0.15) is 6.04 Å². The maximum atomic E-state index is 12.7. The minimum Gasteiger partial charge on any atom is -0.480 e. The highest BCUT2D eigenvalue weighted by Gasteiger charge is 2.29. The molecule has 2 aromatic rings. The van der Waals surface area contributed by atoms with Crippen molar-refractivity contribution >= 4 is 44.3 Å². The van der Waals surface area contributed by atoms with Gasteiger partial charge in [0.2, 0.25) is 15.9 Å². The molecule has 0 fully saturated rings. The fraction of sp³-hybridized carbons (Fsp3) is 0.188. The zero-order valence-corrected chi connectivity index (χ0v) is 14.2. The van der Waals surface area contributed by atoms with Crippen LogP contribution in [-0.4, -0.2) is 37.3 Å². The standard InChI is InChI=1S/C16H15N3O6S/c17-13(20)7-5-11(16(22)23)19-26(24,25)12-6-4-10-14-8(12)2-1-3-9(14)15(21)18-10/h1-4,6,11,19H,5,7H2,(H2,17,20)(H,18,21)(H,22,23)/t11-/m0/s1. The van der Waals surface area contributed by atoms with Crippen molar-refractivity contribution < 1.29 is 27.9 Å². The third kappa shape index (κ3) is 3.11. The van der Waals surface area contributed by atoms with E-state index in [0.717, 1.165) is 0 Å². The summed E-state index contributed by atoms with van der Waals surface area (Å²) in [5.41, 5.74) is 5.83. The Morgan fingerprint density at radius 3 is 2.62 bits per heavy atom. The number of nitrogens with one attached hydrogen (secondary N) is 2. The van der Waals surface area contributed by atoms with Gasteiger partial charge in [-0.05, 0) is 24.6 Å². The fourth-order valence-electron chi connectivity index (χ4n) is 2.87. The molecular weight excluding hydrogens is 362 g/mol. The van der Waals surface area contributed by atoms with E-state index in [1.807, 2.05) is 0 Å². The first-order chi connectivity index (χ1) is 12.2. The van der Waals surface area contributed by atoms with Crippen molar-refractivity contribution in [1.29, 1.82) is 0 Å². The van der Waals surface area contributed by atoms with E-state index in [1.165, 1.54) is 18.2 Å². The molecular formula is C16H15N3O6S. The van der Waals surface area contributed by atoms with Gasteiger partial charge in [-0.3, -0.25) is 14.4 Å². The Hall–Kier alpha value is -2.98. The van der Waals surface area contributed by atoms with Crippen molar-refractivity contribution in [3.63, 3.8) is 0 Å². The first kappa shape index (κ1) is 17.8. The van der Waals surface area contributed by atoms with Gasteiger partial charge in [-0.2, -0.15) is 4.72 Å². The van der Waals surface area contributed by atoms with Gasteiger partial charge < -0.3 is 16.2 Å². The lowest BCUT2D eigenvalue weighted by Gasteiger charge is -2.15. The van der Waals surface area contributed by atoms with Gasteiger partial charge in [0.05, 0.1) is 4.90 Å². The largest absolute Gasteiger partial charge is 0.480 e. The van der Waals surface area contributed by atoms with Crippen molar-refractivity contribution in [2.45, 2.75) is 23.8 Å². The minimum absolute atomic E-state index is 0.153. The van der Waals surface area contributed by atoms with Gasteiger partial charge in [-0.1, -0.05) is 12.1 Å². The number of hydrogen-bond donors (Lipinski definition) is 4. The van der Waals surface area contributed by atoms with Gasteiger partial charge in [0, 0.05) is 28.4 Å². The van der Waals surface area contributed by atoms with E-state index in [1.54, 1.807) is 12.1 Å². The highest BCUT2D eigenvalue weighted by molar-refractivity contribution is 7.89. The average Bonchev–Trinajstić information content (AvgIpc) is 2.89. The van der Waals surface area contributed by atoms with E-state index in [2.05, 4.69) is 10.0 Å². The van der Waals surface area contributed by atoms with Gasteiger partial charge in [0.25, 0.3) is 5.91 Å². The lowest BCUT2D eigenvalue weighted by Crippen LogP contribution is -2.41. The van der Waals surface area contributed by atoms with Crippen LogP contribution in [-0.2, 0) is 19.6 Å². The molecule has 5 N–H and O–H groups in total. The van der Waals surface area contributed by atoms with Crippen LogP contribution in [0.5, 0.6) is 0 Å². The van der Waals surface area contributed by atoms with E-state index < -0.39 is 27.9 Å². The third-order valence-corrected chi connectivity index (χ3v) is 5.59. The minimum atomic E-state index is -4.22. The lowest BCUT2D eigenvalue weighted by atomic mass is 10.1. The molecule has 136 valence electrons. The maximum absolute atomic E-state index is 12.7. The fourth-order valence-corrected chi connectivity index (χ4v) is 4.29. The number of primary amides is 1. The number of rotatable bonds is 7. The third-order valence-electron chi connectivity index (χ3n) is 4.06. The number of nitrogens with two attached hydrogens (primary N) is 1. The van der Waals surface area contributed by atoms with Crippen LogP contribution in [0, 0.1) is 0 Å². The van der Waals surface area contributed by atoms with E-state index >= 15 is 0 Å². The Morgan fingerprint density at radius 2 is 1.96 bits per heavy atom. The quantitative estimate of drug-likeness (QED) is 0.547. The number of carboxylic acids is 1. The highest BCUT2D eigenvalue weighted by atomic mass is 32.2. The van der Waals surface area contributed by atoms with Crippen molar-refractivity contribution in [3.05, 3.63) is 35.9 Å². The lowest BCUT2D eigenvalue weighted by molar-refractivity contribution is -0.139. The predicted molar refractivity (Wildman–Crippen MR) is 92.1 cm³/mol. The molecule has 10 heteroatoms. The molecule has 2 aromatic carbocycles. The molecule has 0 saturated carbocycles. The monoisotopic (exact) mass is 377 g/mol. The van der Waals surface area contributed by atoms with Crippen LogP contribution in [0.4, 0.5) is 5.69 Å². The molecule has 0 aliphatic carbocycles. The molecule has 0 radical (unpaired) electrons. The average molecular weight is 377 g/mol. The van der Waals surface area contributed by atoms with E-state index in [-0.39, 0.29) is 23.6 Å². The number of carboxylic acid groups (broad SMARTS) is 1. The van der Waals surface area contributed by atoms with Gasteiger partial charge in [-0.15, -0.1) is 0 Å². The maximum Gasteiger partial charge on any atom is 0.321 e. The SMILES string of the molecule is NC(=O)CC[C@H](NS(=O)(=O)c1ccc2c3c(cccc13)C(=O)N2)C(=O)O. The van der Waals surface area contributed by atoms with Gasteiger partial charge >= 0.3 is 5.97 Å². The predicted octanol–water partition coefficient (Wildman–Crippen LogP) is 0.402. The topological polar surface area (TPSA) is 156 Å².